The van der Waals surface area contributed by atoms with E-state index in [-0.39, 0.29) is 11.9 Å². The van der Waals surface area contributed by atoms with E-state index in [0.717, 1.165) is 0 Å². The molecular formula is C6H10HgO4. The molecule has 0 heterocycles. The van der Waals surface area contributed by atoms with Crippen LogP contribution in [0, 0.1) is 0 Å². The Labute approximate surface area is 79.0 Å². The summed E-state index contributed by atoms with van der Waals surface area (Å²) in [6, 6.07) is 0. The summed E-state index contributed by atoms with van der Waals surface area (Å²) in [6.45, 7) is 3.41. The number of rotatable bonds is 4. The van der Waals surface area contributed by atoms with Crippen molar-refractivity contribution in [1.82, 2.24) is 0 Å². The molecule has 0 rings (SSSR count). The van der Waals surface area contributed by atoms with Crippen LogP contribution in [-0.4, -0.2) is 11.9 Å². The predicted molar refractivity (Wildman–Crippen MR) is 32.8 cm³/mol. The number of carbonyl (C=O) groups is 2. The summed E-state index contributed by atoms with van der Waals surface area (Å²) in [6.07, 6.45) is 0.702. The van der Waals surface area contributed by atoms with Gasteiger partial charge in [-0.25, -0.2) is 0 Å². The van der Waals surface area contributed by atoms with Gasteiger partial charge in [0.2, 0.25) is 0 Å². The zero-order valence-electron chi connectivity index (χ0n) is 6.75. The third-order valence-electron chi connectivity index (χ3n) is 1.02. The van der Waals surface area contributed by atoms with Crippen LogP contribution >= 0.6 is 0 Å². The first-order valence-electron chi connectivity index (χ1n) is 3.52. The van der Waals surface area contributed by atoms with Crippen molar-refractivity contribution in [2.75, 3.05) is 0 Å². The molecule has 0 amide bonds. The fourth-order valence-corrected chi connectivity index (χ4v) is 3.20. The Kier molecular flexibility index (Phi) is 6.50. The van der Waals surface area contributed by atoms with Gasteiger partial charge in [0.05, 0.1) is 0 Å². The second kappa shape index (κ2) is 6.58. The Hall–Kier alpha value is -0.125. The van der Waals surface area contributed by atoms with Crippen LogP contribution in [0.3, 0.4) is 0 Å². The van der Waals surface area contributed by atoms with Gasteiger partial charge in [-0.05, 0) is 0 Å². The Morgan fingerprint density at radius 3 is 1.73 bits per heavy atom. The van der Waals surface area contributed by atoms with E-state index >= 15 is 0 Å². The van der Waals surface area contributed by atoms with E-state index in [4.69, 9.17) is 5.29 Å². The minimum atomic E-state index is -2.09. The Bertz CT molecular complexity index is 130. The summed E-state index contributed by atoms with van der Waals surface area (Å²) < 4.78 is 9.41. The van der Waals surface area contributed by atoms with Crippen LogP contribution in [0.4, 0.5) is 0 Å². The molecule has 0 aliphatic rings. The summed E-state index contributed by atoms with van der Waals surface area (Å²) >= 11 is -2.09. The SMILES string of the molecule is CCC(=O)[O][Hg][O]C(=O)CC. The van der Waals surface area contributed by atoms with Gasteiger partial charge in [-0.2, -0.15) is 0 Å². The number of hydrogen-bond donors (Lipinski definition) is 0. The maximum absolute atomic E-state index is 10.5. The second-order valence-corrected chi connectivity index (χ2v) is 5.02. The summed E-state index contributed by atoms with van der Waals surface area (Å²) in [7, 11) is 0. The molecule has 0 bridgehead atoms. The maximum atomic E-state index is 10.5. The monoisotopic (exact) mass is 348 g/mol. The fraction of sp³-hybridized carbons (Fsp3) is 0.667. The molecule has 0 aliphatic heterocycles. The van der Waals surface area contributed by atoms with Gasteiger partial charge in [-0.1, -0.05) is 0 Å². The Morgan fingerprint density at radius 2 is 1.45 bits per heavy atom. The quantitative estimate of drug-likeness (QED) is 0.707. The van der Waals surface area contributed by atoms with Crippen molar-refractivity contribution in [3.8, 4) is 0 Å². The molecular weight excluding hydrogens is 337 g/mol. The van der Waals surface area contributed by atoms with Crippen molar-refractivity contribution < 1.29 is 40.4 Å². The molecule has 4 nitrogen and oxygen atoms in total. The van der Waals surface area contributed by atoms with E-state index in [1.807, 2.05) is 0 Å². The van der Waals surface area contributed by atoms with Crippen molar-refractivity contribution in [3.05, 3.63) is 0 Å². The molecule has 0 fully saturated rings. The molecule has 0 aromatic heterocycles. The molecule has 0 saturated carbocycles. The van der Waals surface area contributed by atoms with Gasteiger partial charge in [-0.15, -0.1) is 0 Å². The fourth-order valence-electron chi connectivity index (χ4n) is 0.365. The number of carbonyl (C=O) groups excluding carboxylic acids is 2. The summed E-state index contributed by atoms with van der Waals surface area (Å²) in [5, 5.41) is 0. The van der Waals surface area contributed by atoms with Crippen molar-refractivity contribution in [1.29, 1.82) is 0 Å². The van der Waals surface area contributed by atoms with Crippen molar-refractivity contribution in [3.63, 3.8) is 0 Å². The van der Waals surface area contributed by atoms with Gasteiger partial charge in [0, 0.05) is 0 Å². The molecule has 0 spiro atoms. The first-order chi connectivity index (χ1) is 5.20. The van der Waals surface area contributed by atoms with Gasteiger partial charge in [-0.3, -0.25) is 0 Å². The predicted octanol–water partition coefficient (Wildman–Crippen LogP) is 0.805. The third kappa shape index (κ3) is 6.28. The van der Waals surface area contributed by atoms with Gasteiger partial charge >= 0.3 is 79.0 Å². The molecule has 0 aliphatic carbocycles. The molecule has 0 saturated heterocycles. The topological polar surface area (TPSA) is 52.6 Å². The van der Waals surface area contributed by atoms with E-state index in [2.05, 4.69) is 0 Å². The zero-order valence-corrected chi connectivity index (χ0v) is 12.3. The van der Waals surface area contributed by atoms with Gasteiger partial charge < -0.3 is 0 Å². The van der Waals surface area contributed by atoms with Crippen LogP contribution < -0.4 is 0 Å². The van der Waals surface area contributed by atoms with Gasteiger partial charge in [0.1, 0.15) is 0 Å². The molecule has 0 unspecified atom stereocenters. The third-order valence-corrected chi connectivity index (χ3v) is 4.44. The summed E-state index contributed by atoms with van der Waals surface area (Å²) in [4.78, 5) is 21.0. The van der Waals surface area contributed by atoms with E-state index in [9.17, 15) is 9.59 Å². The average molecular weight is 347 g/mol. The number of hydrogen-bond acceptors (Lipinski definition) is 4. The molecule has 5 heteroatoms. The Balaban J connectivity index is 3.27. The first-order valence-corrected chi connectivity index (χ1v) is 8.00. The zero-order chi connectivity index (χ0) is 8.69. The summed E-state index contributed by atoms with van der Waals surface area (Å²) in [5.41, 5.74) is 0. The molecule has 0 N–H and O–H groups in total. The average Bonchev–Trinajstić information content (AvgIpc) is 2.04. The van der Waals surface area contributed by atoms with Crippen molar-refractivity contribution in [2.24, 2.45) is 0 Å². The van der Waals surface area contributed by atoms with Gasteiger partial charge in [0.25, 0.3) is 0 Å². The second-order valence-electron chi connectivity index (χ2n) is 1.86. The van der Waals surface area contributed by atoms with E-state index in [1.54, 1.807) is 13.8 Å². The van der Waals surface area contributed by atoms with Crippen LogP contribution in [0.15, 0.2) is 0 Å². The molecule has 0 aromatic carbocycles. The van der Waals surface area contributed by atoms with Crippen LogP contribution in [0.5, 0.6) is 0 Å². The standard InChI is InChI=1S/2C3H6O2.Hg/c2*1-2-3(4)5;/h2*2H2,1H3,(H,4,5);/q;;+2/p-2. The molecule has 11 heavy (non-hydrogen) atoms. The van der Waals surface area contributed by atoms with E-state index in [0.29, 0.717) is 12.8 Å². The van der Waals surface area contributed by atoms with E-state index in [1.165, 1.54) is 0 Å². The molecule has 0 atom stereocenters. The van der Waals surface area contributed by atoms with Crippen LogP contribution in [-0.2, 0) is 40.4 Å². The van der Waals surface area contributed by atoms with Crippen LogP contribution in [0.1, 0.15) is 26.7 Å². The summed E-state index contributed by atoms with van der Waals surface area (Å²) in [5.74, 6) is -0.536. The van der Waals surface area contributed by atoms with Crippen LogP contribution in [0.2, 0.25) is 0 Å². The Morgan fingerprint density at radius 1 is 1.09 bits per heavy atom. The van der Waals surface area contributed by atoms with E-state index < -0.39 is 25.5 Å². The normalized spacial score (nSPS) is 8.18. The van der Waals surface area contributed by atoms with Crippen molar-refractivity contribution in [2.45, 2.75) is 26.7 Å². The minimum absolute atomic E-state index is 0.268. The van der Waals surface area contributed by atoms with Gasteiger partial charge in [0.15, 0.2) is 0 Å². The molecule has 60 valence electrons. The van der Waals surface area contributed by atoms with Crippen molar-refractivity contribution >= 4 is 11.9 Å². The first kappa shape index (κ1) is 10.9. The van der Waals surface area contributed by atoms with Crippen LogP contribution in [0.25, 0.3) is 0 Å². The molecule has 0 aromatic rings. The molecule has 0 radical (unpaired) electrons.